The number of hydrogen-bond acceptors (Lipinski definition) is 4. The lowest BCUT2D eigenvalue weighted by Gasteiger charge is -2.11. The summed E-state index contributed by atoms with van der Waals surface area (Å²) < 4.78 is 0. The van der Waals surface area contributed by atoms with Crippen LogP contribution in [-0.2, 0) is 11.2 Å². The van der Waals surface area contributed by atoms with Crippen LogP contribution in [0.2, 0.25) is 0 Å². The second kappa shape index (κ2) is 5.31. The van der Waals surface area contributed by atoms with Crippen molar-refractivity contribution in [3.8, 4) is 0 Å². The number of anilines is 1. The number of nitrogens with zero attached hydrogens (tertiary/aromatic N) is 2. The van der Waals surface area contributed by atoms with Gasteiger partial charge in [0.1, 0.15) is 12.2 Å². The summed E-state index contributed by atoms with van der Waals surface area (Å²) in [7, 11) is 0. The maximum absolute atomic E-state index is 11.8. The van der Waals surface area contributed by atoms with Crippen LogP contribution in [0.3, 0.4) is 0 Å². The molecule has 4 N–H and O–H groups in total. The summed E-state index contributed by atoms with van der Waals surface area (Å²) in [5.74, 6) is 0.556. The zero-order chi connectivity index (χ0) is 13.0. The Bertz CT molecular complexity index is 523. The second-order valence-electron chi connectivity index (χ2n) is 4.08. The molecule has 0 saturated carbocycles. The first kappa shape index (κ1) is 12.1. The smallest absolute Gasteiger partial charge is 0.224 e. The molecular weight excluding hydrogens is 230 g/mol. The van der Waals surface area contributed by atoms with E-state index in [4.69, 9.17) is 5.73 Å². The number of H-pyrrole nitrogens is 1. The topological polar surface area (TPSA) is 96.7 Å². The molecule has 6 heteroatoms. The lowest BCUT2D eigenvalue weighted by molar-refractivity contribution is -0.121. The highest BCUT2D eigenvalue weighted by Crippen LogP contribution is 2.09. The van der Waals surface area contributed by atoms with E-state index in [0.717, 1.165) is 5.56 Å². The third kappa shape index (κ3) is 3.07. The van der Waals surface area contributed by atoms with Crippen molar-refractivity contribution in [1.29, 1.82) is 0 Å². The number of benzene rings is 1. The number of hydrogen-bond donors (Lipinski definition) is 3. The highest BCUT2D eigenvalue weighted by molar-refractivity contribution is 5.79. The lowest BCUT2D eigenvalue weighted by Crippen LogP contribution is -2.28. The van der Waals surface area contributed by atoms with Gasteiger partial charge in [0.2, 0.25) is 5.91 Å². The van der Waals surface area contributed by atoms with E-state index in [1.807, 2.05) is 19.1 Å². The van der Waals surface area contributed by atoms with Gasteiger partial charge in [-0.1, -0.05) is 12.1 Å². The molecule has 0 spiro atoms. The highest BCUT2D eigenvalue weighted by atomic mass is 16.1. The Labute approximate surface area is 105 Å². The molecule has 6 nitrogen and oxygen atoms in total. The molecule has 1 unspecified atom stereocenters. The van der Waals surface area contributed by atoms with Crippen molar-refractivity contribution in [2.75, 3.05) is 5.73 Å². The van der Waals surface area contributed by atoms with Crippen LogP contribution >= 0.6 is 0 Å². The average molecular weight is 245 g/mol. The molecule has 1 heterocycles. The van der Waals surface area contributed by atoms with Gasteiger partial charge >= 0.3 is 0 Å². The minimum absolute atomic E-state index is 0.0792. The van der Waals surface area contributed by atoms with Gasteiger partial charge in [-0.15, -0.1) is 0 Å². The Morgan fingerprint density at radius 2 is 2.39 bits per heavy atom. The molecule has 1 amide bonds. The second-order valence-corrected chi connectivity index (χ2v) is 4.08. The molecule has 2 aromatic rings. The summed E-state index contributed by atoms with van der Waals surface area (Å²) in [6, 6.07) is 7.09. The quantitative estimate of drug-likeness (QED) is 0.694. The number of aromatic amines is 1. The average Bonchev–Trinajstić information content (AvgIpc) is 2.81. The molecule has 0 saturated heterocycles. The number of carbonyl (C=O) groups is 1. The van der Waals surface area contributed by atoms with Gasteiger partial charge in [0, 0.05) is 5.69 Å². The Balaban J connectivity index is 1.93. The van der Waals surface area contributed by atoms with Crippen LogP contribution in [0.5, 0.6) is 0 Å². The van der Waals surface area contributed by atoms with Crippen LogP contribution in [0, 0.1) is 0 Å². The predicted octanol–water partition coefficient (Wildman–Crippen LogP) is 0.807. The van der Waals surface area contributed by atoms with Crippen LogP contribution in [0.4, 0.5) is 5.69 Å². The summed E-state index contributed by atoms with van der Waals surface area (Å²) in [6.45, 7) is 1.85. The molecule has 18 heavy (non-hydrogen) atoms. The zero-order valence-corrected chi connectivity index (χ0v) is 10.1. The SMILES string of the molecule is CC(NC(=O)Cc1cccc(N)c1)c1ncn[nH]1. The van der Waals surface area contributed by atoms with E-state index in [9.17, 15) is 4.79 Å². The van der Waals surface area contributed by atoms with Crippen molar-refractivity contribution >= 4 is 11.6 Å². The van der Waals surface area contributed by atoms with E-state index in [2.05, 4.69) is 20.5 Å². The molecule has 0 aliphatic heterocycles. The standard InChI is InChI=1S/C12H15N5O/c1-8(12-14-7-15-17-12)16-11(18)6-9-3-2-4-10(13)5-9/h2-5,7-8H,6,13H2,1H3,(H,16,18)(H,14,15,17). The fourth-order valence-electron chi connectivity index (χ4n) is 1.67. The number of rotatable bonds is 4. The number of nitrogen functional groups attached to an aromatic ring is 1. The minimum Gasteiger partial charge on any atom is -0.399 e. The fourth-order valence-corrected chi connectivity index (χ4v) is 1.67. The first-order valence-corrected chi connectivity index (χ1v) is 5.64. The van der Waals surface area contributed by atoms with Crippen LogP contribution in [0.25, 0.3) is 0 Å². The number of carbonyl (C=O) groups excluding carboxylic acids is 1. The lowest BCUT2D eigenvalue weighted by atomic mass is 10.1. The fraction of sp³-hybridized carbons (Fsp3) is 0.250. The van der Waals surface area contributed by atoms with E-state index >= 15 is 0 Å². The van der Waals surface area contributed by atoms with Gasteiger partial charge in [-0.05, 0) is 24.6 Å². The third-order valence-electron chi connectivity index (χ3n) is 2.54. The molecule has 0 fully saturated rings. The van der Waals surface area contributed by atoms with Crippen molar-refractivity contribution in [1.82, 2.24) is 20.5 Å². The number of nitrogens with two attached hydrogens (primary N) is 1. The monoisotopic (exact) mass is 245 g/mol. The van der Waals surface area contributed by atoms with Crippen molar-refractivity contribution in [2.45, 2.75) is 19.4 Å². The molecule has 0 radical (unpaired) electrons. The van der Waals surface area contributed by atoms with E-state index in [1.165, 1.54) is 6.33 Å². The Morgan fingerprint density at radius 3 is 3.06 bits per heavy atom. The molecule has 0 aliphatic carbocycles. The summed E-state index contributed by atoms with van der Waals surface area (Å²) in [6.07, 6.45) is 1.71. The van der Waals surface area contributed by atoms with Crippen molar-refractivity contribution in [3.05, 3.63) is 42.0 Å². The summed E-state index contributed by atoms with van der Waals surface area (Å²) in [5, 5.41) is 9.30. The maximum atomic E-state index is 11.8. The molecule has 94 valence electrons. The van der Waals surface area contributed by atoms with Gasteiger partial charge in [-0.25, -0.2) is 4.98 Å². The van der Waals surface area contributed by atoms with E-state index in [1.54, 1.807) is 12.1 Å². The predicted molar refractivity (Wildman–Crippen MR) is 67.5 cm³/mol. The Kier molecular flexibility index (Phi) is 3.57. The molecule has 0 aliphatic rings. The van der Waals surface area contributed by atoms with E-state index in [-0.39, 0.29) is 11.9 Å². The molecule has 2 rings (SSSR count). The first-order chi connectivity index (χ1) is 8.65. The molecule has 1 aromatic heterocycles. The third-order valence-corrected chi connectivity index (χ3v) is 2.54. The summed E-state index contributed by atoms with van der Waals surface area (Å²) in [4.78, 5) is 15.8. The van der Waals surface area contributed by atoms with E-state index in [0.29, 0.717) is 17.9 Å². The number of aromatic nitrogens is 3. The zero-order valence-electron chi connectivity index (χ0n) is 10.1. The van der Waals surface area contributed by atoms with Gasteiger partial charge in [-0.2, -0.15) is 5.10 Å². The minimum atomic E-state index is -0.193. The van der Waals surface area contributed by atoms with Crippen molar-refractivity contribution < 1.29 is 4.79 Å². The van der Waals surface area contributed by atoms with Gasteiger partial charge in [0.25, 0.3) is 0 Å². The van der Waals surface area contributed by atoms with Gasteiger partial charge < -0.3 is 11.1 Å². The number of nitrogens with one attached hydrogen (secondary N) is 2. The Morgan fingerprint density at radius 1 is 1.56 bits per heavy atom. The van der Waals surface area contributed by atoms with Crippen LogP contribution in [0.1, 0.15) is 24.4 Å². The molecule has 0 bridgehead atoms. The molecular formula is C12H15N5O. The van der Waals surface area contributed by atoms with Crippen molar-refractivity contribution in [3.63, 3.8) is 0 Å². The van der Waals surface area contributed by atoms with Crippen molar-refractivity contribution in [2.24, 2.45) is 0 Å². The molecule has 1 aromatic carbocycles. The van der Waals surface area contributed by atoms with Gasteiger partial charge in [-0.3, -0.25) is 9.89 Å². The largest absolute Gasteiger partial charge is 0.399 e. The van der Waals surface area contributed by atoms with Crippen LogP contribution < -0.4 is 11.1 Å². The maximum Gasteiger partial charge on any atom is 0.224 e. The van der Waals surface area contributed by atoms with E-state index < -0.39 is 0 Å². The van der Waals surface area contributed by atoms with Crippen LogP contribution in [-0.4, -0.2) is 21.1 Å². The Hall–Kier alpha value is -2.37. The van der Waals surface area contributed by atoms with Crippen LogP contribution in [0.15, 0.2) is 30.6 Å². The summed E-state index contributed by atoms with van der Waals surface area (Å²) >= 11 is 0. The summed E-state index contributed by atoms with van der Waals surface area (Å²) in [5.41, 5.74) is 7.20. The first-order valence-electron chi connectivity index (χ1n) is 5.64. The normalized spacial score (nSPS) is 12.1. The molecule has 1 atom stereocenters. The van der Waals surface area contributed by atoms with Gasteiger partial charge in [0.15, 0.2) is 0 Å². The number of amides is 1. The van der Waals surface area contributed by atoms with Gasteiger partial charge in [0.05, 0.1) is 12.5 Å². The highest BCUT2D eigenvalue weighted by Gasteiger charge is 2.12.